The summed E-state index contributed by atoms with van der Waals surface area (Å²) in [6, 6.07) is 14.1. The van der Waals surface area contributed by atoms with Gasteiger partial charge < -0.3 is 10.1 Å². The SMILES string of the molecule is CCOC(=O)c1cnn(-c2ccc(C(=O)Nc3ccccc3)cc2)c1C(F)(F)F. The van der Waals surface area contributed by atoms with Gasteiger partial charge in [-0.2, -0.15) is 18.3 Å². The molecule has 0 aliphatic rings. The second-order valence-corrected chi connectivity index (χ2v) is 5.90. The van der Waals surface area contributed by atoms with E-state index in [1.807, 2.05) is 0 Å². The quantitative estimate of drug-likeness (QED) is 0.644. The molecule has 1 heterocycles. The highest BCUT2D eigenvalue weighted by atomic mass is 19.4. The van der Waals surface area contributed by atoms with Gasteiger partial charge in [-0.1, -0.05) is 18.2 Å². The van der Waals surface area contributed by atoms with E-state index in [2.05, 4.69) is 15.2 Å². The van der Waals surface area contributed by atoms with E-state index in [-0.39, 0.29) is 17.9 Å². The average molecular weight is 403 g/mol. The molecule has 150 valence electrons. The number of para-hydroxylation sites is 1. The summed E-state index contributed by atoms with van der Waals surface area (Å²) in [7, 11) is 0. The summed E-state index contributed by atoms with van der Waals surface area (Å²) in [4.78, 5) is 24.1. The van der Waals surface area contributed by atoms with E-state index in [9.17, 15) is 22.8 Å². The number of benzene rings is 2. The Labute approximate surface area is 163 Å². The van der Waals surface area contributed by atoms with Crippen molar-refractivity contribution in [3.05, 3.63) is 77.6 Å². The summed E-state index contributed by atoms with van der Waals surface area (Å²) in [6.45, 7) is 1.43. The minimum absolute atomic E-state index is 0.0455. The Bertz CT molecular complexity index is 1010. The lowest BCUT2D eigenvalue weighted by molar-refractivity contribution is -0.143. The highest BCUT2D eigenvalue weighted by molar-refractivity contribution is 6.04. The fourth-order valence-electron chi connectivity index (χ4n) is 2.65. The topological polar surface area (TPSA) is 73.2 Å². The Balaban J connectivity index is 1.90. The number of carbonyl (C=O) groups excluding carboxylic acids is 2. The van der Waals surface area contributed by atoms with Crippen molar-refractivity contribution in [2.45, 2.75) is 13.1 Å². The second kappa shape index (κ2) is 8.17. The van der Waals surface area contributed by atoms with Crippen LogP contribution in [-0.4, -0.2) is 28.3 Å². The van der Waals surface area contributed by atoms with E-state index in [0.29, 0.717) is 10.4 Å². The van der Waals surface area contributed by atoms with Crippen LogP contribution in [0, 0.1) is 0 Å². The van der Waals surface area contributed by atoms with Crippen LogP contribution in [0.4, 0.5) is 18.9 Å². The molecule has 29 heavy (non-hydrogen) atoms. The summed E-state index contributed by atoms with van der Waals surface area (Å²) >= 11 is 0. The van der Waals surface area contributed by atoms with Crippen molar-refractivity contribution in [3.63, 3.8) is 0 Å². The molecule has 9 heteroatoms. The summed E-state index contributed by atoms with van der Waals surface area (Å²) in [5.74, 6) is -1.52. The van der Waals surface area contributed by atoms with Crippen molar-refractivity contribution in [3.8, 4) is 5.69 Å². The lowest BCUT2D eigenvalue weighted by atomic mass is 10.1. The Morgan fingerprint density at radius 3 is 2.31 bits per heavy atom. The molecule has 1 aromatic heterocycles. The van der Waals surface area contributed by atoms with Crippen molar-refractivity contribution < 1.29 is 27.5 Å². The third-order valence-corrected chi connectivity index (χ3v) is 3.94. The molecule has 2 aromatic carbocycles. The summed E-state index contributed by atoms with van der Waals surface area (Å²) in [5.41, 5.74) is -1.03. The average Bonchev–Trinajstić information content (AvgIpc) is 3.15. The van der Waals surface area contributed by atoms with Crippen LogP contribution in [0.15, 0.2) is 60.8 Å². The van der Waals surface area contributed by atoms with Crippen molar-refractivity contribution in [2.75, 3.05) is 11.9 Å². The number of rotatable bonds is 5. The monoisotopic (exact) mass is 403 g/mol. The van der Waals surface area contributed by atoms with Crippen LogP contribution in [0.25, 0.3) is 5.69 Å². The van der Waals surface area contributed by atoms with Gasteiger partial charge in [0, 0.05) is 11.3 Å². The number of esters is 1. The molecular formula is C20H16F3N3O3. The van der Waals surface area contributed by atoms with Gasteiger partial charge in [-0.05, 0) is 43.3 Å². The molecule has 0 spiro atoms. The highest BCUT2D eigenvalue weighted by Crippen LogP contribution is 2.34. The number of nitrogens with zero attached hydrogens (tertiary/aromatic N) is 2. The van der Waals surface area contributed by atoms with Crippen LogP contribution < -0.4 is 5.32 Å². The van der Waals surface area contributed by atoms with Gasteiger partial charge in [0.1, 0.15) is 5.56 Å². The first kappa shape index (κ1) is 20.1. The van der Waals surface area contributed by atoms with E-state index in [0.717, 1.165) is 6.20 Å². The van der Waals surface area contributed by atoms with Crippen LogP contribution in [0.5, 0.6) is 0 Å². The number of anilines is 1. The Morgan fingerprint density at radius 2 is 1.72 bits per heavy atom. The molecule has 0 fully saturated rings. The number of alkyl halides is 3. The van der Waals surface area contributed by atoms with Crippen LogP contribution >= 0.6 is 0 Å². The number of amides is 1. The molecule has 0 unspecified atom stereocenters. The zero-order valence-corrected chi connectivity index (χ0v) is 15.2. The molecule has 0 saturated heterocycles. The molecule has 0 saturated carbocycles. The fourth-order valence-corrected chi connectivity index (χ4v) is 2.65. The minimum atomic E-state index is -4.83. The number of carbonyl (C=O) groups is 2. The maximum Gasteiger partial charge on any atom is 0.434 e. The Kier molecular flexibility index (Phi) is 5.67. The molecule has 0 aliphatic carbocycles. The molecule has 0 bridgehead atoms. The number of hydrogen-bond donors (Lipinski definition) is 1. The third-order valence-electron chi connectivity index (χ3n) is 3.94. The van der Waals surface area contributed by atoms with Gasteiger partial charge in [-0.15, -0.1) is 0 Å². The van der Waals surface area contributed by atoms with E-state index in [1.165, 1.54) is 31.2 Å². The molecule has 3 aromatic rings. The Hall–Kier alpha value is -3.62. The lowest BCUT2D eigenvalue weighted by Crippen LogP contribution is -2.18. The van der Waals surface area contributed by atoms with Crippen molar-refractivity contribution in [1.82, 2.24) is 9.78 Å². The normalized spacial score (nSPS) is 11.2. The predicted molar refractivity (Wildman–Crippen MR) is 98.9 cm³/mol. The lowest BCUT2D eigenvalue weighted by Gasteiger charge is -2.13. The van der Waals surface area contributed by atoms with E-state index < -0.39 is 29.3 Å². The Morgan fingerprint density at radius 1 is 1.07 bits per heavy atom. The molecule has 6 nitrogen and oxygen atoms in total. The summed E-state index contributed by atoms with van der Waals surface area (Å²) < 4.78 is 45.9. The molecule has 1 N–H and O–H groups in total. The van der Waals surface area contributed by atoms with Gasteiger partial charge in [0.05, 0.1) is 18.5 Å². The number of aromatic nitrogens is 2. The summed E-state index contributed by atoms with van der Waals surface area (Å²) in [6.07, 6.45) is -4.02. The zero-order chi connectivity index (χ0) is 21.0. The molecule has 3 rings (SSSR count). The van der Waals surface area contributed by atoms with Crippen molar-refractivity contribution in [2.24, 2.45) is 0 Å². The van der Waals surface area contributed by atoms with E-state index >= 15 is 0 Å². The van der Waals surface area contributed by atoms with Gasteiger partial charge in [-0.25, -0.2) is 9.48 Å². The maximum atomic E-state index is 13.5. The summed E-state index contributed by atoms with van der Waals surface area (Å²) in [5, 5.41) is 6.38. The second-order valence-electron chi connectivity index (χ2n) is 5.90. The third kappa shape index (κ3) is 4.45. The maximum absolute atomic E-state index is 13.5. The number of ether oxygens (including phenoxy) is 1. The van der Waals surface area contributed by atoms with E-state index in [4.69, 9.17) is 0 Å². The first-order valence-electron chi connectivity index (χ1n) is 8.60. The smallest absolute Gasteiger partial charge is 0.434 e. The van der Waals surface area contributed by atoms with Gasteiger partial charge >= 0.3 is 12.1 Å². The van der Waals surface area contributed by atoms with Crippen molar-refractivity contribution in [1.29, 1.82) is 0 Å². The number of nitrogens with one attached hydrogen (secondary N) is 1. The standard InChI is InChI=1S/C20H16F3N3O3/c1-2-29-19(28)16-12-24-26(17(16)20(21,22)23)15-10-8-13(9-11-15)18(27)25-14-6-4-3-5-7-14/h3-12H,2H2,1H3,(H,25,27). The first-order valence-corrected chi connectivity index (χ1v) is 8.60. The van der Waals surface area contributed by atoms with Gasteiger partial charge in [0.2, 0.25) is 0 Å². The van der Waals surface area contributed by atoms with Gasteiger partial charge in [-0.3, -0.25) is 4.79 Å². The van der Waals surface area contributed by atoms with Crippen LogP contribution in [0.3, 0.4) is 0 Å². The molecule has 0 aliphatic heterocycles. The highest BCUT2D eigenvalue weighted by Gasteiger charge is 2.41. The van der Waals surface area contributed by atoms with Crippen LogP contribution in [0.1, 0.15) is 33.3 Å². The molecule has 0 radical (unpaired) electrons. The molecule has 1 amide bonds. The van der Waals surface area contributed by atoms with Crippen LogP contribution in [0.2, 0.25) is 0 Å². The minimum Gasteiger partial charge on any atom is -0.462 e. The van der Waals surface area contributed by atoms with Gasteiger partial charge in [0.15, 0.2) is 5.69 Å². The van der Waals surface area contributed by atoms with Crippen molar-refractivity contribution >= 4 is 17.6 Å². The predicted octanol–water partition coefficient (Wildman–Crippen LogP) is 4.32. The zero-order valence-electron chi connectivity index (χ0n) is 15.2. The first-order chi connectivity index (χ1) is 13.8. The molecule has 0 atom stereocenters. The number of hydrogen-bond acceptors (Lipinski definition) is 4. The van der Waals surface area contributed by atoms with E-state index in [1.54, 1.807) is 30.3 Å². The van der Waals surface area contributed by atoms with Gasteiger partial charge in [0.25, 0.3) is 5.91 Å². The largest absolute Gasteiger partial charge is 0.462 e. The fraction of sp³-hybridized carbons (Fsp3) is 0.150. The number of halogens is 3. The van der Waals surface area contributed by atoms with Crippen LogP contribution in [-0.2, 0) is 10.9 Å². The molecular weight excluding hydrogens is 387 g/mol.